The van der Waals surface area contributed by atoms with E-state index in [-0.39, 0.29) is 44.6 Å². The zero-order chi connectivity index (χ0) is 38.8. The summed E-state index contributed by atoms with van der Waals surface area (Å²) in [5, 5.41) is 0.445. The Labute approximate surface area is 317 Å². The number of methoxy groups -OCH3 is 2. The molecule has 53 heavy (non-hydrogen) atoms. The van der Waals surface area contributed by atoms with Gasteiger partial charge >= 0.3 is 19.1 Å². The molecule has 0 atom stereocenters. The zero-order valence-electron chi connectivity index (χ0n) is 30.8. The number of nitrogens with zero attached hydrogens (tertiary/aromatic N) is 2. The maximum atomic E-state index is 13.4. The van der Waals surface area contributed by atoms with E-state index in [1.807, 2.05) is 59.7 Å². The Bertz CT molecular complexity index is 1920. The molecule has 0 unspecified atom stereocenters. The van der Waals surface area contributed by atoms with Crippen LogP contribution in [0.1, 0.15) is 65.7 Å². The lowest BCUT2D eigenvalue weighted by molar-refractivity contribution is -0.140. The van der Waals surface area contributed by atoms with Crippen LogP contribution in [0.2, 0.25) is 5.02 Å². The molecule has 1 saturated heterocycles. The highest BCUT2D eigenvalue weighted by Gasteiger charge is 2.51. The molecule has 12 heteroatoms. The third-order valence-electron chi connectivity index (χ3n) is 8.58. The first-order valence-corrected chi connectivity index (χ1v) is 16.7. The maximum Gasteiger partial charge on any atom is 0.489 e. The number of benzene rings is 2. The van der Waals surface area contributed by atoms with Crippen molar-refractivity contribution in [3.05, 3.63) is 125 Å². The molecular weight excluding hydrogens is 701 g/mol. The second kappa shape index (κ2) is 19.4. The van der Waals surface area contributed by atoms with Crippen LogP contribution < -0.4 is 0 Å². The minimum Gasteiger partial charge on any atom is -0.469 e. The number of pyridine rings is 2. The number of allylic oxidation sites excluding steroid dienone is 2. The SMILES string of the molecule is C.C=C(C)B1OC(C)(C)C(C)(C)O1.C=C(C)c1cccc(-c2ccnc(F)c2)c1CC(=O)OC.COC(=O)Cc1c(Cl)cccc1-c1ccnc(F)c1. The fourth-order valence-corrected chi connectivity index (χ4v) is 5.31. The zero-order valence-corrected chi connectivity index (χ0v) is 31.6. The van der Waals surface area contributed by atoms with E-state index in [1.54, 1.807) is 30.3 Å². The van der Waals surface area contributed by atoms with E-state index in [0.29, 0.717) is 27.3 Å². The van der Waals surface area contributed by atoms with Crippen LogP contribution in [-0.4, -0.2) is 54.4 Å². The van der Waals surface area contributed by atoms with Gasteiger partial charge in [0, 0.05) is 29.5 Å². The summed E-state index contributed by atoms with van der Waals surface area (Å²) in [6.45, 7) is 19.7. The second-order valence-electron chi connectivity index (χ2n) is 13.1. The van der Waals surface area contributed by atoms with Gasteiger partial charge in [0.05, 0.1) is 38.3 Å². The molecule has 0 aliphatic carbocycles. The van der Waals surface area contributed by atoms with E-state index in [9.17, 15) is 18.4 Å². The minimum atomic E-state index is -0.582. The summed E-state index contributed by atoms with van der Waals surface area (Å²) in [6.07, 6.45) is 2.92. The molecule has 282 valence electrons. The smallest absolute Gasteiger partial charge is 0.469 e. The monoisotopic (exact) mass is 748 g/mol. The van der Waals surface area contributed by atoms with Gasteiger partial charge < -0.3 is 18.8 Å². The lowest BCUT2D eigenvalue weighted by Gasteiger charge is -2.32. The first-order valence-electron chi connectivity index (χ1n) is 16.3. The van der Waals surface area contributed by atoms with Crippen LogP contribution in [0, 0.1) is 11.9 Å². The van der Waals surface area contributed by atoms with Crippen LogP contribution in [0.15, 0.2) is 91.7 Å². The molecule has 1 aliphatic rings. The topological polar surface area (TPSA) is 96.8 Å². The second-order valence-corrected chi connectivity index (χ2v) is 13.5. The predicted octanol–water partition coefficient (Wildman–Crippen LogP) is 9.72. The number of esters is 2. The number of hydrogen-bond donors (Lipinski definition) is 0. The summed E-state index contributed by atoms with van der Waals surface area (Å²) in [4.78, 5) is 30.1. The largest absolute Gasteiger partial charge is 0.489 e. The summed E-state index contributed by atoms with van der Waals surface area (Å²) < 4.78 is 47.3. The molecule has 0 spiro atoms. The maximum absolute atomic E-state index is 13.4. The Balaban J connectivity index is 0.000000282. The Kier molecular flexibility index (Phi) is 16.3. The number of rotatable bonds is 8. The van der Waals surface area contributed by atoms with Gasteiger partial charge in [0.15, 0.2) is 0 Å². The van der Waals surface area contributed by atoms with E-state index in [4.69, 9.17) is 25.6 Å². The minimum absolute atomic E-state index is 0. The van der Waals surface area contributed by atoms with Crippen LogP contribution in [0.4, 0.5) is 8.78 Å². The quantitative estimate of drug-likeness (QED) is 0.0999. The van der Waals surface area contributed by atoms with E-state index in [1.165, 1.54) is 38.7 Å². The van der Waals surface area contributed by atoms with Gasteiger partial charge in [-0.2, -0.15) is 8.78 Å². The van der Waals surface area contributed by atoms with Gasteiger partial charge in [-0.25, -0.2) is 9.97 Å². The van der Waals surface area contributed by atoms with Gasteiger partial charge in [-0.15, -0.1) is 6.58 Å². The highest BCUT2D eigenvalue weighted by Crippen LogP contribution is 2.38. The Morgan fingerprint density at radius 2 is 1.21 bits per heavy atom. The Morgan fingerprint density at radius 3 is 1.60 bits per heavy atom. The van der Waals surface area contributed by atoms with E-state index < -0.39 is 17.9 Å². The van der Waals surface area contributed by atoms with Gasteiger partial charge in [-0.3, -0.25) is 9.59 Å². The van der Waals surface area contributed by atoms with Crippen LogP contribution in [0.3, 0.4) is 0 Å². The third-order valence-corrected chi connectivity index (χ3v) is 8.94. The van der Waals surface area contributed by atoms with E-state index in [2.05, 4.69) is 27.9 Å². The number of aromatic nitrogens is 2. The molecule has 0 amide bonds. The molecular formula is C41H48BClF2N2O6. The normalized spacial score (nSPS) is 13.6. The summed E-state index contributed by atoms with van der Waals surface area (Å²) in [7, 11) is 2.41. The first-order chi connectivity index (χ1) is 24.4. The summed E-state index contributed by atoms with van der Waals surface area (Å²) >= 11 is 6.10. The van der Waals surface area contributed by atoms with Crippen molar-refractivity contribution in [2.75, 3.05) is 14.2 Å². The predicted molar refractivity (Wildman–Crippen MR) is 208 cm³/mol. The molecule has 1 aliphatic heterocycles. The number of carbonyl (C=O) groups is 2. The molecule has 4 aromatic rings. The molecule has 8 nitrogen and oxygen atoms in total. The van der Waals surface area contributed by atoms with Crippen molar-refractivity contribution < 1.29 is 37.2 Å². The molecule has 2 aromatic carbocycles. The highest BCUT2D eigenvalue weighted by atomic mass is 35.5. The summed E-state index contributed by atoms with van der Waals surface area (Å²) in [6, 6.07) is 16.8. The van der Waals surface area contributed by atoms with Gasteiger partial charge in [0.2, 0.25) is 11.9 Å². The Morgan fingerprint density at radius 1 is 0.774 bits per heavy atom. The summed E-state index contributed by atoms with van der Waals surface area (Å²) in [5.74, 6) is -1.89. The van der Waals surface area contributed by atoms with E-state index >= 15 is 0 Å². The molecule has 0 radical (unpaired) electrons. The van der Waals surface area contributed by atoms with E-state index in [0.717, 1.165) is 27.7 Å². The highest BCUT2D eigenvalue weighted by molar-refractivity contribution is 6.54. The number of carbonyl (C=O) groups excluding carboxylic acids is 2. The molecule has 0 N–H and O–H groups in total. The molecule has 1 fully saturated rings. The van der Waals surface area contributed by atoms with Gasteiger partial charge in [0.1, 0.15) is 0 Å². The third kappa shape index (κ3) is 11.9. The molecule has 0 bridgehead atoms. The number of halogens is 3. The van der Waals surface area contributed by atoms with Crippen molar-refractivity contribution in [3.8, 4) is 22.3 Å². The fraction of sp³-hybridized carbons (Fsp3) is 0.317. The van der Waals surface area contributed by atoms with Crippen molar-refractivity contribution >= 4 is 36.2 Å². The first kappa shape index (κ1) is 44.5. The fourth-order valence-electron chi connectivity index (χ4n) is 5.07. The van der Waals surface area contributed by atoms with Crippen LogP contribution in [-0.2, 0) is 41.2 Å². The van der Waals surface area contributed by atoms with Gasteiger partial charge in [-0.1, -0.05) is 67.0 Å². The van der Waals surface area contributed by atoms with Crippen molar-refractivity contribution in [1.82, 2.24) is 9.97 Å². The molecule has 5 rings (SSSR count). The lowest BCUT2D eigenvalue weighted by atomic mass is 9.81. The summed E-state index contributed by atoms with van der Waals surface area (Å²) in [5.41, 5.74) is 6.31. The van der Waals surface area contributed by atoms with Gasteiger partial charge in [0.25, 0.3) is 0 Å². The average molecular weight is 749 g/mol. The van der Waals surface area contributed by atoms with Crippen LogP contribution in [0.5, 0.6) is 0 Å². The number of hydrogen-bond acceptors (Lipinski definition) is 8. The van der Waals surface area contributed by atoms with Crippen LogP contribution >= 0.6 is 11.6 Å². The molecule has 2 aromatic heterocycles. The van der Waals surface area contributed by atoms with Gasteiger partial charge in [-0.05, 0) is 98.7 Å². The number of ether oxygens (including phenoxy) is 2. The van der Waals surface area contributed by atoms with Crippen LogP contribution in [0.25, 0.3) is 27.8 Å². The van der Waals surface area contributed by atoms with Crippen molar-refractivity contribution in [2.24, 2.45) is 0 Å². The van der Waals surface area contributed by atoms with Crippen molar-refractivity contribution in [2.45, 2.75) is 73.0 Å². The van der Waals surface area contributed by atoms with Crippen molar-refractivity contribution in [1.29, 1.82) is 0 Å². The average Bonchev–Trinajstić information content (AvgIpc) is 3.32. The van der Waals surface area contributed by atoms with Crippen molar-refractivity contribution in [3.63, 3.8) is 0 Å². The lowest BCUT2D eigenvalue weighted by Crippen LogP contribution is -2.41. The molecule has 0 saturated carbocycles. The standard InChI is InChI=1S/C17H16FNO2.C14H11ClFNO2.C9H17BO2.CH4/c1-11(2)13-5-4-6-14(15(13)10-17(20)21-3)12-7-8-19-16(18)9-12;1-19-14(18)8-11-10(3-2-4-12(11)15)9-5-6-17-13(16)7-9;1-7(2)10-11-8(3,4)9(5,6)12-10;/h4-9H,1,10H2,2-3H3;2-7H,8H2,1H3;1H2,2-6H3;1H4. The Hall–Kier alpha value is -4.71. The molecule has 3 heterocycles.